The van der Waals surface area contributed by atoms with E-state index in [1.165, 1.54) is 4.31 Å². The predicted octanol–water partition coefficient (Wildman–Crippen LogP) is 4.56. The number of carbonyl (C=O) groups excluding carboxylic acids is 1. The molecular formula is C26H30N2O4S. The molecule has 1 amide bonds. The molecule has 7 heteroatoms. The maximum atomic E-state index is 13.3. The maximum absolute atomic E-state index is 13.3. The summed E-state index contributed by atoms with van der Waals surface area (Å²) in [5, 5.41) is 1.16. The van der Waals surface area contributed by atoms with Gasteiger partial charge in [0, 0.05) is 18.0 Å². The minimum Gasteiger partial charge on any atom is -0.467 e. The van der Waals surface area contributed by atoms with Gasteiger partial charge in [0.05, 0.1) is 19.4 Å². The molecule has 0 N–H and O–H groups in total. The van der Waals surface area contributed by atoms with Crippen LogP contribution >= 0.6 is 0 Å². The van der Waals surface area contributed by atoms with Crippen molar-refractivity contribution in [3.63, 3.8) is 0 Å². The summed E-state index contributed by atoms with van der Waals surface area (Å²) in [7, 11) is -3.80. The van der Waals surface area contributed by atoms with Gasteiger partial charge >= 0.3 is 0 Å². The Morgan fingerprint density at radius 2 is 1.64 bits per heavy atom. The van der Waals surface area contributed by atoms with Crippen molar-refractivity contribution in [2.24, 2.45) is 0 Å². The van der Waals surface area contributed by atoms with Gasteiger partial charge < -0.3 is 9.32 Å². The topological polar surface area (TPSA) is 70.8 Å². The number of sulfonamides is 1. The Hall–Kier alpha value is -3.16. The second-order valence-corrected chi connectivity index (χ2v) is 9.80. The van der Waals surface area contributed by atoms with Crippen LogP contribution < -0.4 is 0 Å². The predicted molar refractivity (Wildman–Crippen MR) is 131 cm³/mol. The Kier molecular flexibility index (Phi) is 8.63. The van der Waals surface area contributed by atoms with Crippen LogP contribution in [-0.4, -0.2) is 42.7 Å². The number of furan rings is 1. The first-order chi connectivity index (χ1) is 15.8. The van der Waals surface area contributed by atoms with Crippen molar-refractivity contribution in [1.82, 2.24) is 9.21 Å². The molecule has 0 atom stereocenters. The van der Waals surface area contributed by atoms with Gasteiger partial charge in [-0.15, -0.1) is 0 Å². The average Bonchev–Trinajstić information content (AvgIpc) is 3.33. The molecule has 174 valence electrons. The quantitative estimate of drug-likeness (QED) is 0.415. The molecule has 0 spiro atoms. The number of rotatable bonds is 11. The summed E-state index contributed by atoms with van der Waals surface area (Å²) in [6.07, 6.45) is 3.77. The second kappa shape index (κ2) is 11.6. The highest BCUT2D eigenvalue weighted by Gasteiger charge is 2.27. The van der Waals surface area contributed by atoms with E-state index in [1.54, 1.807) is 37.2 Å². The number of carbonyl (C=O) groups is 1. The monoisotopic (exact) mass is 466 g/mol. The molecule has 1 heterocycles. The Bertz CT molecular complexity index is 1130. The third-order valence-electron chi connectivity index (χ3n) is 5.22. The lowest BCUT2D eigenvalue weighted by molar-refractivity contribution is -0.132. The molecule has 33 heavy (non-hydrogen) atoms. The highest BCUT2D eigenvalue weighted by atomic mass is 32.2. The minimum atomic E-state index is -3.80. The summed E-state index contributed by atoms with van der Waals surface area (Å²) in [5.41, 5.74) is 1.88. The van der Waals surface area contributed by atoms with Gasteiger partial charge in [-0.25, -0.2) is 8.42 Å². The van der Waals surface area contributed by atoms with E-state index in [1.807, 2.05) is 66.7 Å². The molecule has 2 aromatic carbocycles. The lowest BCUT2D eigenvalue weighted by atomic mass is 10.1. The summed E-state index contributed by atoms with van der Waals surface area (Å²) >= 11 is 0. The molecule has 3 rings (SSSR count). The number of hydrogen-bond donors (Lipinski definition) is 0. The van der Waals surface area contributed by atoms with E-state index in [0.717, 1.165) is 16.5 Å². The van der Waals surface area contributed by atoms with E-state index in [-0.39, 0.29) is 25.0 Å². The normalized spacial score (nSPS) is 12.0. The SMILES string of the molecule is CC(C)N(CC(=O)N(CCc1ccccc1)Cc1ccco1)S(=O)(=O)C=Cc1ccccc1. The van der Waals surface area contributed by atoms with Crippen LogP contribution in [0.15, 0.2) is 88.9 Å². The number of nitrogens with zero attached hydrogens (tertiary/aromatic N) is 2. The fraction of sp³-hybridized carbons (Fsp3) is 0.269. The van der Waals surface area contributed by atoms with Crippen molar-refractivity contribution in [2.75, 3.05) is 13.1 Å². The molecule has 6 nitrogen and oxygen atoms in total. The van der Waals surface area contributed by atoms with E-state index in [0.29, 0.717) is 18.7 Å². The van der Waals surface area contributed by atoms with Crippen molar-refractivity contribution in [1.29, 1.82) is 0 Å². The first-order valence-corrected chi connectivity index (χ1v) is 12.4. The zero-order valence-corrected chi connectivity index (χ0v) is 19.8. The summed E-state index contributed by atoms with van der Waals surface area (Å²) in [5.74, 6) is 0.382. The molecule has 0 saturated heterocycles. The Labute approximate surface area is 196 Å². The zero-order chi connectivity index (χ0) is 23.7. The third-order valence-corrected chi connectivity index (χ3v) is 6.90. The average molecular weight is 467 g/mol. The van der Waals surface area contributed by atoms with Gasteiger partial charge in [0.1, 0.15) is 5.76 Å². The minimum absolute atomic E-state index is 0.241. The number of benzene rings is 2. The molecule has 1 aromatic heterocycles. The van der Waals surface area contributed by atoms with Crippen LogP contribution in [-0.2, 0) is 27.8 Å². The molecule has 0 saturated carbocycles. The van der Waals surface area contributed by atoms with Crippen LogP contribution in [0.5, 0.6) is 0 Å². The van der Waals surface area contributed by atoms with E-state index in [4.69, 9.17) is 4.42 Å². The maximum Gasteiger partial charge on any atom is 0.238 e. The van der Waals surface area contributed by atoms with E-state index < -0.39 is 10.0 Å². The number of amides is 1. The van der Waals surface area contributed by atoms with Crippen LogP contribution in [0.25, 0.3) is 6.08 Å². The van der Waals surface area contributed by atoms with Crippen molar-refractivity contribution in [2.45, 2.75) is 32.9 Å². The van der Waals surface area contributed by atoms with E-state index >= 15 is 0 Å². The molecule has 0 unspecified atom stereocenters. The fourth-order valence-corrected chi connectivity index (χ4v) is 4.76. The van der Waals surface area contributed by atoms with Crippen LogP contribution in [0.4, 0.5) is 0 Å². The van der Waals surface area contributed by atoms with Crippen LogP contribution in [0, 0.1) is 0 Å². The summed E-state index contributed by atoms with van der Waals surface area (Å²) in [4.78, 5) is 14.9. The molecule has 3 aromatic rings. The Morgan fingerprint density at radius 1 is 0.970 bits per heavy atom. The summed E-state index contributed by atoms with van der Waals surface area (Å²) in [6.45, 7) is 4.03. The van der Waals surface area contributed by atoms with Crippen molar-refractivity contribution < 1.29 is 17.6 Å². The lowest BCUT2D eigenvalue weighted by Gasteiger charge is -2.28. The van der Waals surface area contributed by atoms with Crippen LogP contribution in [0.1, 0.15) is 30.7 Å². The number of hydrogen-bond acceptors (Lipinski definition) is 4. The highest BCUT2D eigenvalue weighted by molar-refractivity contribution is 7.92. The van der Waals surface area contributed by atoms with E-state index in [2.05, 4.69) is 0 Å². The van der Waals surface area contributed by atoms with Crippen molar-refractivity contribution >= 4 is 22.0 Å². The van der Waals surface area contributed by atoms with Gasteiger partial charge in [-0.05, 0) is 49.6 Å². The molecule has 0 aliphatic carbocycles. The van der Waals surface area contributed by atoms with Crippen molar-refractivity contribution in [3.05, 3.63) is 101 Å². The van der Waals surface area contributed by atoms with Gasteiger partial charge in [-0.1, -0.05) is 60.7 Å². The molecule has 0 bridgehead atoms. The molecule has 0 aliphatic rings. The van der Waals surface area contributed by atoms with Crippen molar-refractivity contribution in [3.8, 4) is 0 Å². The third kappa shape index (κ3) is 7.44. The molecule has 0 aliphatic heterocycles. The zero-order valence-electron chi connectivity index (χ0n) is 19.0. The molecule has 0 radical (unpaired) electrons. The van der Waals surface area contributed by atoms with Gasteiger partial charge in [-0.3, -0.25) is 4.79 Å². The first kappa shape index (κ1) is 24.5. The molecular weight excluding hydrogens is 436 g/mol. The van der Waals surface area contributed by atoms with Crippen LogP contribution in [0.2, 0.25) is 0 Å². The van der Waals surface area contributed by atoms with Gasteiger partial charge in [0.2, 0.25) is 15.9 Å². The highest BCUT2D eigenvalue weighted by Crippen LogP contribution is 2.14. The van der Waals surface area contributed by atoms with Crippen LogP contribution in [0.3, 0.4) is 0 Å². The van der Waals surface area contributed by atoms with Gasteiger partial charge in [0.25, 0.3) is 0 Å². The summed E-state index contributed by atoms with van der Waals surface area (Å²) < 4.78 is 32.8. The first-order valence-electron chi connectivity index (χ1n) is 10.9. The fourth-order valence-electron chi connectivity index (χ4n) is 3.40. The van der Waals surface area contributed by atoms with Gasteiger partial charge in [-0.2, -0.15) is 4.31 Å². The largest absolute Gasteiger partial charge is 0.467 e. The Balaban J connectivity index is 1.75. The molecule has 0 fully saturated rings. The lowest BCUT2D eigenvalue weighted by Crippen LogP contribution is -2.45. The smallest absolute Gasteiger partial charge is 0.238 e. The second-order valence-electron chi connectivity index (χ2n) is 8.03. The van der Waals surface area contributed by atoms with Gasteiger partial charge in [0.15, 0.2) is 0 Å². The standard InChI is InChI=1S/C26H30N2O4S/c1-22(2)28(33(30,31)19-16-24-12-7-4-8-13-24)21-26(29)27(20-25-14-9-18-32-25)17-15-23-10-5-3-6-11-23/h3-14,16,18-19,22H,15,17,20-21H2,1-2H3. The Morgan fingerprint density at radius 3 is 2.24 bits per heavy atom. The van der Waals surface area contributed by atoms with E-state index in [9.17, 15) is 13.2 Å². The summed E-state index contributed by atoms with van der Waals surface area (Å²) in [6, 6.07) is 22.3.